The van der Waals surface area contributed by atoms with Crippen LogP contribution in [0.5, 0.6) is 23.0 Å². The Morgan fingerprint density at radius 2 is 1.24 bits per heavy atom. The van der Waals surface area contributed by atoms with E-state index in [1.807, 2.05) is 30.3 Å². The van der Waals surface area contributed by atoms with E-state index in [-0.39, 0.29) is 0 Å². The van der Waals surface area contributed by atoms with E-state index in [9.17, 15) is 4.79 Å². The van der Waals surface area contributed by atoms with Crippen LogP contribution in [0.4, 0.5) is 0 Å². The summed E-state index contributed by atoms with van der Waals surface area (Å²) < 4.78 is 21.6. The van der Waals surface area contributed by atoms with Gasteiger partial charge in [0.2, 0.25) is 0 Å². The van der Waals surface area contributed by atoms with Crippen molar-refractivity contribution in [2.24, 2.45) is 0 Å². The van der Waals surface area contributed by atoms with Gasteiger partial charge in [0.05, 0.1) is 34.0 Å². The summed E-state index contributed by atoms with van der Waals surface area (Å²) in [7, 11) is 6.33. The van der Waals surface area contributed by atoms with Gasteiger partial charge in [-0.3, -0.25) is 4.79 Å². The Bertz CT molecular complexity index is 720. The van der Waals surface area contributed by atoms with Gasteiger partial charge >= 0.3 is 0 Å². The van der Waals surface area contributed by atoms with Gasteiger partial charge in [-0.1, -0.05) is 18.2 Å². The SMILES string of the molecule is COc1cccc(OC)c1CC=C(C=O)c1c(OC)cccc1OC. The Morgan fingerprint density at radius 1 is 0.800 bits per heavy atom. The molecule has 0 N–H and O–H groups in total. The molecule has 0 radical (unpaired) electrons. The number of aldehydes is 1. The highest BCUT2D eigenvalue weighted by Gasteiger charge is 2.15. The predicted molar refractivity (Wildman–Crippen MR) is 96.8 cm³/mol. The number of methoxy groups -OCH3 is 4. The molecule has 0 spiro atoms. The maximum absolute atomic E-state index is 11.7. The van der Waals surface area contributed by atoms with Gasteiger partial charge in [-0.15, -0.1) is 0 Å². The van der Waals surface area contributed by atoms with Crippen molar-refractivity contribution in [3.8, 4) is 23.0 Å². The van der Waals surface area contributed by atoms with Gasteiger partial charge in [0.25, 0.3) is 0 Å². The Labute approximate surface area is 147 Å². The Morgan fingerprint density at radius 3 is 1.64 bits per heavy atom. The standard InChI is InChI=1S/C20H22O5/c1-22-16-7-5-8-17(23-2)15(16)12-11-14(13-21)20-18(24-3)9-6-10-19(20)25-4/h5-11,13H,12H2,1-4H3. The molecule has 0 bridgehead atoms. The molecule has 0 saturated heterocycles. The van der Waals surface area contributed by atoms with Crippen LogP contribution in [0.1, 0.15) is 11.1 Å². The summed E-state index contributed by atoms with van der Waals surface area (Å²) in [5, 5.41) is 0. The summed E-state index contributed by atoms with van der Waals surface area (Å²) in [4.78, 5) is 11.7. The second kappa shape index (κ2) is 8.78. The average molecular weight is 342 g/mol. The fourth-order valence-corrected chi connectivity index (χ4v) is 2.69. The molecule has 5 heteroatoms. The van der Waals surface area contributed by atoms with Crippen LogP contribution in [-0.4, -0.2) is 34.7 Å². The molecule has 132 valence electrons. The molecule has 0 amide bonds. The summed E-state index contributed by atoms with van der Waals surface area (Å²) in [6, 6.07) is 11.0. The molecule has 0 aliphatic rings. The van der Waals surface area contributed by atoms with E-state index in [2.05, 4.69) is 0 Å². The maximum atomic E-state index is 11.7. The summed E-state index contributed by atoms with van der Waals surface area (Å²) in [5.41, 5.74) is 1.96. The van der Waals surface area contributed by atoms with Crippen molar-refractivity contribution in [2.45, 2.75) is 6.42 Å². The molecule has 2 rings (SSSR count). The van der Waals surface area contributed by atoms with E-state index in [4.69, 9.17) is 18.9 Å². The van der Waals surface area contributed by atoms with Gasteiger partial charge in [-0.2, -0.15) is 0 Å². The molecular formula is C20H22O5. The number of hydrogen-bond donors (Lipinski definition) is 0. The van der Waals surface area contributed by atoms with Crippen molar-refractivity contribution in [1.82, 2.24) is 0 Å². The second-order valence-electron chi connectivity index (χ2n) is 5.16. The minimum atomic E-state index is 0.461. The maximum Gasteiger partial charge on any atom is 0.150 e. The van der Waals surface area contributed by atoms with Gasteiger partial charge in [0.1, 0.15) is 23.0 Å². The van der Waals surface area contributed by atoms with E-state index < -0.39 is 0 Å². The molecule has 5 nitrogen and oxygen atoms in total. The van der Waals surface area contributed by atoms with Crippen LogP contribution in [0.2, 0.25) is 0 Å². The molecule has 0 saturated carbocycles. The third kappa shape index (κ3) is 3.94. The Balaban J connectivity index is 2.49. The number of ether oxygens (including phenoxy) is 4. The fraction of sp³-hybridized carbons (Fsp3) is 0.250. The number of allylic oxidation sites excluding steroid dienone is 2. The third-order valence-electron chi connectivity index (χ3n) is 3.90. The Kier molecular flexibility index (Phi) is 6.46. The summed E-state index contributed by atoms with van der Waals surface area (Å²) in [5.74, 6) is 2.55. The second-order valence-corrected chi connectivity index (χ2v) is 5.16. The fourth-order valence-electron chi connectivity index (χ4n) is 2.69. The van der Waals surface area contributed by atoms with Crippen LogP contribution in [0.3, 0.4) is 0 Å². The van der Waals surface area contributed by atoms with Crippen LogP contribution in [0.15, 0.2) is 42.5 Å². The molecule has 25 heavy (non-hydrogen) atoms. The smallest absolute Gasteiger partial charge is 0.150 e. The summed E-state index contributed by atoms with van der Waals surface area (Å²) in [6.45, 7) is 0. The minimum absolute atomic E-state index is 0.461. The van der Waals surface area contributed by atoms with Gasteiger partial charge < -0.3 is 18.9 Å². The molecule has 0 atom stereocenters. The van der Waals surface area contributed by atoms with Gasteiger partial charge in [-0.05, 0) is 30.7 Å². The zero-order valence-electron chi connectivity index (χ0n) is 14.9. The monoisotopic (exact) mass is 342 g/mol. The van der Waals surface area contributed by atoms with Gasteiger partial charge in [0.15, 0.2) is 6.29 Å². The third-order valence-corrected chi connectivity index (χ3v) is 3.90. The number of benzene rings is 2. The van der Waals surface area contributed by atoms with Crippen molar-refractivity contribution in [3.63, 3.8) is 0 Å². The lowest BCUT2D eigenvalue weighted by molar-refractivity contribution is -0.103. The zero-order valence-corrected chi connectivity index (χ0v) is 14.9. The van der Waals surface area contributed by atoms with Gasteiger partial charge in [0, 0.05) is 11.1 Å². The molecule has 0 aliphatic heterocycles. The van der Waals surface area contributed by atoms with Crippen molar-refractivity contribution >= 4 is 11.9 Å². The van der Waals surface area contributed by atoms with E-state index >= 15 is 0 Å². The largest absolute Gasteiger partial charge is 0.496 e. The molecule has 0 fully saturated rings. The highest BCUT2D eigenvalue weighted by molar-refractivity contribution is 6.09. The lowest BCUT2D eigenvalue weighted by Crippen LogP contribution is -1.99. The average Bonchev–Trinajstić information content (AvgIpc) is 2.67. The van der Waals surface area contributed by atoms with Crippen molar-refractivity contribution in [3.05, 3.63) is 53.6 Å². The molecule has 2 aromatic carbocycles. The highest BCUT2D eigenvalue weighted by atomic mass is 16.5. The molecule has 0 unspecified atom stereocenters. The van der Waals surface area contributed by atoms with Crippen molar-refractivity contribution in [1.29, 1.82) is 0 Å². The van der Waals surface area contributed by atoms with E-state index in [1.54, 1.807) is 40.6 Å². The lowest BCUT2D eigenvalue weighted by Gasteiger charge is -2.14. The number of carbonyl (C=O) groups is 1. The van der Waals surface area contributed by atoms with Crippen LogP contribution in [-0.2, 0) is 11.2 Å². The summed E-state index contributed by atoms with van der Waals surface area (Å²) >= 11 is 0. The van der Waals surface area contributed by atoms with Crippen LogP contribution < -0.4 is 18.9 Å². The number of rotatable bonds is 8. The lowest BCUT2D eigenvalue weighted by atomic mass is 10.0. The molecule has 0 aromatic heterocycles. The molecule has 0 aliphatic carbocycles. The highest BCUT2D eigenvalue weighted by Crippen LogP contribution is 2.35. The topological polar surface area (TPSA) is 54.0 Å². The number of carbonyl (C=O) groups excluding carboxylic acids is 1. The molecular weight excluding hydrogens is 320 g/mol. The van der Waals surface area contributed by atoms with E-state index in [0.717, 1.165) is 11.8 Å². The number of hydrogen-bond acceptors (Lipinski definition) is 5. The van der Waals surface area contributed by atoms with Crippen molar-refractivity contribution in [2.75, 3.05) is 28.4 Å². The first-order valence-electron chi connectivity index (χ1n) is 7.76. The Hall–Kier alpha value is -2.95. The van der Waals surface area contributed by atoms with Gasteiger partial charge in [-0.25, -0.2) is 0 Å². The predicted octanol–water partition coefficient (Wildman–Crippen LogP) is 3.55. The first kappa shape index (κ1) is 18.4. The first-order chi connectivity index (χ1) is 12.2. The normalized spacial score (nSPS) is 11.0. The van der Waals surface area contributed by atoms with Crippen LogP contribution >= 0.6 is 0 Å². The first-order valence-corrected chi connectivity index (χ1v) is 7.76. The molecule has 2 aromatic rings. The van der Waals surface area contributed by atoms with E-state index in [1.165, 1.54) is 0 Å². The molecule has 0 heterocycles. The quantitative estimate of drug-likeness (QED) is 0.542. The van der Waals surface area contributed by atoms with Crippen molar-refractivity contribution < 1.29 is 23.7 Å². The summed E-state index contributed by atoms with van der Waals surface area (Å²) in [6.07, 6.45) is 3.07. The zero-order chi connectivity index (χ0) is 18.2. The van der Waals surface area contributed by atoms with Crippen LogP contribution in [0, 0.1) is 0 Å². The van der Waals surface area contributed by atoms with E-state index in [0.29, 0.717) is 40.6 Å². The minimum Gasteiger partial charge on any atom is -0.496 e. The van der Waals surface area contributed by atoms with Crippen LogP contribution in [0.25, 0.3) is 5.57 Å².